The van der Waals surface area contributed by atoms with E-state index >= 15 is 4.39 Å². The minimum absolute atomic E-state index is 0.0556. The molecule has 0 bridgehead atoms. The second kappa shape index (κ2) is 12.0. The van der Waals surface area contributed by atoms with Gasteiger partial charge in [-0.25, -0.2) is 13.2 Å². The molecule has 0 aliphatic heterocycles. The van der Waals surface area contributed by atoms with Crippen LogP contribution in [0.15, 0.2) is 30.5 Å². The van der Waals surface area contributed by atoms with Gasteiger partial charge in [-0.15, -0.1) is 0 Å². The molecule has 2 aliphatic carbocycles. The Morgan fingerprint density at radius 2 is 1.73 bits per heavy atom. The van der Waals surface area contributed by atoms with Crippen LogP contribution in [0.2, 0.25) is 0 Å². The average Bonchev–Trinajstić information content (AvgIpc) is 3.86. The zero-order valence-corrected chi connectivity index (χ0v) is 22.9. The van der Waals surface area contributed by atoms with Crippen LogP contribution in [0.25, 0.3) is 0 Å². The van der Waals surface area contributed by atoms with Crippen LogP contribution in [0, 0.1) is 23.6 Å². The number of alkyl halides is 2. The van der Waals surface area contributed by atoms with E-state index in [-0.39, 0.29) is 23.2 Å². The molecule has 0 spiro atoms. The van der Waals surface area contributed by atoms with E-state index in [2.05, 4.69) is 21.0 Å². The zero-order valence-electron chi connectivity index (χ0n) is 22.9. The lowest BCUT2D eigenvalue weighted by molar-refractivity contribution is -0.124. The number of nitrogens with one attached hydrogen (secondary N) is 3. The first-order chi connectivity index (χ1) is 18.9. The summed E-state index contributed by atoms with van der Waals surface area (Å²) in [5.74, 6) is -6.01. The summed E-state index contributed by atoms with van der Waals surface area (Å²) in [5, 5.41) is 11.9. The first-order valence-electron chi connectivity index (χ1n) is 13.7. The fraction of sp³-hybridized carbons (Fsp3) is 0.571. The molecule has 2 atom stereocenters. The molecule has 12 heteroatoms. The average molecular weight is 563 g/mol. The number of hydrogen-bond acceptors (Lipinski definition) is 5. The molecule has 1 aromatic heterocycles. The van der Waals surface area contributed by atoms with Crippen molar-refractivity contribution >= 4 is 23.4 Å². The molecule has 9 nitrogen and oxygen atoms in total. The number of carbonyl (C=O) groups excluding carboxylic acids is 3. The first-order valence-corrected chi connectivity index (χ1v) is 13.7. The SMILES string of the molecule is CC(C)n1nccc1C(=O)N[C@H](C(=O)Nc1ccc([C@H](C)C(=O)NCC(F)(F)CN)cc1F)C(C1CC1)C1CC1. The van der Waals surface area contributed by atoms with E-state index in [1.807, 2.05) is 13.8 Å². The van der Waals surface area contributed by atoms with Gasteiger partial charge >= 0.3 is 0 Å². The third-order valence-electron chi connectivity index (χ3n) is 7.64. The number of benzene rings is 1. The predicted octanol–water partition coefficient (Wildman–Crippen LogP) is 3.59. The van der Waals surface area contributed by atoms with Gasteiger partial charge in [0.15, 0.2) is 0 Å². The van der Waals surface area contributed by atoms with Crippen LogP contribution < -0.4 is 21.7 Å². The summed E-state index contributed by atoms with van der Waals surface area (Å²) in [4.78, 5) is 39.2. The van der Waals surface area contributed by atoms with Gasteiger partial charge in [0.2, 0.25) is 11.8 Å². The maximum absolute atomic E-state index is 15.1. The van der Waals surface area contributed by atoms with E-state index in [0.29, 0.717) is 17.5 Å². The van der Waals surface area contributed by atoms with Crippen LogP contribution >= 0.6 is 0 Å². The summed E-state index contributed by atoms with van der Waals surface area (Å²) in [7, 11) is 0. The minimum atomic E-state index is -3.24. The van der Waals surface area contributed by atoms with Gasteiger partial charge in [-0.1, -0.05) is 6.07 Å². The number of anilines is 1. The Balaban J connectivity index is 1.49. The van der Waals surface area contributed by atoms with Gasteiger partial charge in [0.25, 0.3) is 11.8 Å². The Hall–Kier alpha value is -3.41. The maximum Gasteiger partial charge on any atom is 0.277 e. The molecule has 4 rings (SSSR count). The van der Waals surface area contributed by atoms with Gasteiger partial charge < -0.3 is 21.7 Å². The number of aromatic nitrogens is 2. The quantitative estimate of drug-likeness (QED) is 0.296. The Kier molecular flexibility index (Phi) is 8.86. The van der Waals surface area contributed by atoms with Crippen LogP contribution in [0.4, 0.5) is 18.9 Å². The van der Waals surface area contributed by atoms with Crippen molar-refractivity contribution in [2.45, 2.75) is 70.4 Å². The van der Waals surface area contributed by atoms with E-state index < -0.39 is 54.5 Å². The van der Waals surface area contributed by atoms with Gasteiger partial charge in [0, 0.05) is 12.2 Å². The number of amides is 3. The highest BCUT2D eigenvalue weighted by Crippen LogP contribution is 2.51. The summed E-state index contributed by atoms with van der Waals surface area (Å²) in [5.41, 5.74) is 5.48. The van der Waals surface area contributed by atoms with Gasteiger partial charge in [0.05, 0.1) is 24.7 Å². The Morgan fingerprint density at radius 3 is 2.27 bits per heavy atom. The van der Waals surface area contributed by atoms with Gasteiger partial charge in [-0.05, 0) is 88.0 Å². The van der Waals surface area contributed by atoms with Crippen molar-refractivity contribution in [3.63, 3.8) is 0 Å². The normalized spacial score (nSPS) is 17.0. The molecule has 2 fully saturated rings. The van der Waals surface area contributed by atoms with Crippen LogP contribution in [-0.4, -0.2) is 52.6 Å². The summed E-state index contributed by atoms with van der Waals surface area (Å²) in [6, 6.07) is 4.56. The fourth-order valence-corrected chi connectivity index (χ4v) is 5.05. The van der Waals surface area contributed by atoms with Crippen LogP contribution in [-0.2, 0) is 9.59 Å². The number of nitrogens with zero attached hydrogens (tertiary/aromatic N) is 2. The van der Waals surface area contributed by atoms with E-state index in [4.69, 9.17) is 5.73 Å². The van der Waals surface area contributed by atoms with Crippen LogP contribution in [0.5, 0.6) is 0 Å². The summed E-state index contributed by atoms with van der Waals surface area (Å²) < 4.78 is 43.5. The highest BCUT2D eigenvalue weighted by Gasteiger charge is 2.48. The number of carbonyl (C=O) groups is 3. The molecule has 2 aliphatic rings. The molecule has 0 unspecified atom stereocenters. The molecule has 218 valence electrons. The van der Waals surface area contributed by atoms with Crippen molar-refractivity contribution in [3.8, 4) is 0 Å². The standard InChI is InChI=1S/C28H37F3N6O3/c1-15(2)37-22(10-11-34-37)26(39)36-24(23(17-4-5-17)18-6-7-18)27(40)35-21-9-8-19(12-20(21)29)16(3)25(38)33-14-28(30,31)13-32/h8-12,15-18,23-24H,4-7,13-14,32H2,1-3H3,(H,33,38)(H,35,40)(H,36,39)/t16-,24-/m0/s1. The van der Waals surface area contributed by atoms with Crippen molar-refractivity contribution in [1.82, 2.24) is 20.4 Å². The molecule has 3 amide bonds. The minimum Gasteiger partial charge on any atom is -0.349 e. The monoisotopic (exact) mass is 562 g/mol. The highest BCUT2D eigenvalue weighted by atomic mass is 19.3. The largest absolute Gasteiger partial charge is 0.349 e. The number of hydrogen-bond donors (Lipinski definition) is 4. The number of halogens is 3. The third-order valence-corrected chi connectivity index (χ3v) is 7.64. The van der Waals surface area contributed by atoms with Gasteiger partial charge in [-0.3, -0.25) is 19.1 Å². The maximum atomic E-state index is 15.1. The molecule has 1 aromatic carbocycles. The fourth-order valence-electron chi connectivity index (χ4n) is 5.05. The highest BCUT2D eigenvalue weighted by molar-refractivity contribution is 6.01. The van der Waals surface area contributed by atoms with Crippen molar-refractivity contribution in [1.29, 1.82) is 0 Å². The molecule has 2 saturated carbocycles. The summed E-state index contributed by atoms with van der Waals surface area (Å²) in [6.45, 7) is 3.44. The summed E-state index contributed by atoms with van der Waals surface area (Å²) >= 11 is 0. The lowest BCUT2D eigenvalue weighted by Gasteiger charge is -2.28. The van der Waals surface area contributed by atoms with Crippen molar-refractivity contribution < 1.29 is 27.6 Å². The molecule has 2 aromatic rings. The van der Waals surface area contributed by atoms with E-state index in [0.717, 1.165) is 31.7 Å². The van der Waals surface area contributed by atoms with Gasteiger partial charge in [-0.2, -0.15) is 5.10 Å². The zero-order chi connectivity index (χ0) is 29.2. The Labute approximate surface area is 231 Å². The smallest absolute Gasteiger partial charge is 0.277 e. The first kappa shape index (κ1) is 29.6. The number of rotatable bonds is 13. The topological polar surface area (TPSA) is 131 Å². The molecular weight excluding hydrogens is 525 g/mol. The molecule has 40 heavy (non-hydrogen) atoms. The molecule has 1 heterocycles. The van der Waals surface area contributed by atoms with Crippen molar-refractivity contribution in [3.05, 3.63) is 47.5 Å². The van der Waals surface area contributed by atoms with Crippen molar-refractivity contribution in [2.24, 2.45) is 23.5 Å². The van der Waals surface area contributed by atoms with Crippen LogP contribution in [0.3, 0.4) is 0 Å². The molecule has 5 N–H and O–H groups in total. The van der Waals surface area contributed by atoms with Gasteiger partial charge in [0.1, 0.15) is 17.6 Å². The number of nitrogens with two attached hydrogens (primary N) is 1. The van der Waals surface area contributed by atoms with Crippen LogP contribution in [0.1, 0.15) is 74.5 Å². The third kappa shape index (κ3) is 7.01. The Bertz CT molecular complexity index is 1230. The van der Waals surface area contributed by atoms with E-state index in [1.165, 1.54) is 25.3 Å². The molecular formula is C28H37F3N6O3. The van der Waals surface area contributed by atoms with Crippen molar-refractivity contribution in [2.75, 3.05) is 18.4 Å². The molecule has 0 saturated heterocycles. The molecule has 0 radical (unpaired) electrons. The second-order valence-corrected chi connectivity index (χ2v) is 11.2. The lowest BCUT2D eigenvalue weighted by Crippen LogP contribution is -2.50. The second-order valence-electron chi connectivity index (χ2n) is 11.2. The predicted molar refractivity (Wildman–Crippen MR) is 143 cm³/mol. The Morgan fingerprint density at radius 1 is 1.07 bits per heavy atom. The summed E-state index contributed by atoms with van der Waals surface area (Å²) in [6.07, 6.45) is 5.44. The van der Waals surface area contributed by atoms with E-state index in [1.54, 1.807) is 10.7 Å². The van der Waals surface area contributed by atoms with E-state index in [9.17, 15) is 23.2 Å². The lowest BCUT2D eigenvalue weighted by atomic mass is 9.88.